The first-order valence-electron chi connectivity index (χ1n) is 12.0. The number of nitro benzene ring substituents is 1. The number of ether oxygens (including phenoxy) is 2. The van der Waals surface area contributed by atoms with Crippen LogP contribution in [0.4, 0.5) is 5.69 Å². The van der Waals surface area contributed by atoms with Gasteiger partial charge in [0.25, 0.3) is 5.69 Å². The Morgan fingerprint density at radius 2 is 1.79 bits per heavy atom. The summed E-state index contributed by atoms with van der Waals surface area (Å²) in [5.74, 6) is -0.944. The fourth-order valence-corrected chi connectivity index (χ4v) is 5.25. The Labute approximate surface area is 227 Å². The number of nitrogens with one attached hydrogen (secondary N) is 1. The molecule has 0 bridgehead atoms. The quantitative estimate of drug-likeness (QED) is 0.207. The number of halogens is 1. The van der Waals surface area contributed by atoms with Crippen molar-refractivity contribution in [1.82, 2.24) is 5.32 Å². The van der Waals surface area contributed by atoms with Crippen LogP contribution in [0.3, 0.4) is 0 Å². The van der Waals surface area contributed by atoms with Gasteiger partial charge in [0.1, 0.15) is 12.4 Å². The number of non-ortho nitro benzene ring substituents is 1. The summed E-state index contributed by atoms with van der Waals surface area (Å²) in [5.41, 5.74) is 4.75. The van der Waals surface area contributed by atoms with E-state index < -0.39 is 16.8 Å². The molecule has 9 heteroatoms. The van der Waals surface area contributed by atoms with Crippen LogP contribution < -0.4 is 10.1 Å². The summed E-state index contributed by atoms with van der Waals surface area (Å²) in [6, 6.07) is 18.9. The third-order valence-electron chi connectivity index (χ3n) is 6.57. The molecule has 0 spiro atoms. The minimum Gasteiger partial charge on any atom is -0.489 e. The van der Waals surface area contributed by atoms with Crippen LogP contribution in [0, 0.1) is 10.1 Å². The van der Waals surface area contributed by atoms with Crippen LogP contribution in [0.5, 0.6) is 5.75 Å². The number of Topliss-reactive ketones (excluding diaryl/α,β-unsaturated/α-hetero) is 1. The molecule has 1 aliphatic carbocycles. The number of benzene rings is 3. The number of allylic oxidation sites excluding steroid dienone is 2. The average Bonchev–Trinajstić information content (AvgIpc) is 3.19. The maximum Gasteiger partial charge on any atom is 0.336 e. The lowest BCUT2D eigenvalue weighted by atomic mass is 9.79. The topological polar surface area (TPSA) is 108 Å². The van der Waals surface area contributed by atoms with Crippen LogP contribution in [0.15, 0.2) is 88.0 Å². The number of carbonyl (C=O) groups is 2. The number of rotatable bonds is 7. The van der Waals surface area contributed by atoms with Crippen molar-refractivity contribution in [1.29, 1.82) is 0 Å². The van der Waals surface area contributed by atoms with Gasteiger partial charge in [0.2, 0.25) is 0 Å². The van der Waals surface area contributed by atoms with Gasteiger partial charge in [-0.05, 0) is 49.7 Å². The van der Waals surface area contributed by atoms with Gasteiger partial charge in [-0.15, -0.1) is 0 Å². The van der Waals surface area contributed by atoms with Crippen molar-refractivity contribution in [3.8, 4) is 5.75 Å². The summed E-state index contributed by atoms with van der Waals surface area (Å²) in [7, 11) is 0. The largest absolute Gasteiger partial charge is 0.489 e. The Kier molecular flexibility index (Phi) is 6.86. The second-order valence-electron chi connectivity index (χ2n) is 8.87. The lowest BCUT2D eigenvalue weighted by Gasteiger charge is -2.30. The van der Waals surface area contributed by atoms with E-state index in [2.05, 4.69) is 21.2 Å². The molecule has 0 unspecified atom stereocenters. The van der Waals surface area contributed by atoms with Crippen LogP contribution in [-0.2, 0) is 16.1 Å². The van der Waals surface area contributed by atoms with Gasteiger partial charge >= 0.3 is 5.97 Å². The zero-order valence-corrected chi connectivity index (χ0v) is 22.2. The van der Waals surface area contributed by atoms with Gasteiger partial charge in [-0.1, -0.05) is 40.2 Å². The van der Waals surface area contributed by atoms with E-state index in [-0.39, 0.29) is 24.7 Å². The minimum atomic E-state index is -0.741. The van der Waals surface area contributed by atoms with E-state index >= 15 is 0 Å². The predicted molar refractivity (Wildman–Crippen MR) is 144 cm³/mol. The van der Waals surface area contributed by atoms with E-state index in [9.17, 15) is 19.7 Å². The zero-order chi connectivity index (χ0) is 27.0. The second-order valence-corrected chi connectivity index (χ2v) is 9.79. The summed E-state index contributed by atoms with van der Waals surface area (Å²) < 4.78 is 12.4. The summed E-state index contributed by atoms with van der Waals surface area (Å²) in [6.45, 7) is 3.85. The third-order valence-corrected chi connectivity index (χ3v) is 7.06. The van der Waals surface area contributed by atoms with Crippen LogP contribution >= 0.6 is 15.9 Å². The highest BCUT2D eigenvalue weighted by atomic mass is 79.9. The summed E-state index contributed by atoms with van der Waals surface area (Å²) in [5, 5.41) is 14.3. The standard InChI is InChI=1S/C29H23BrN2O6/c1-3-37-29(34)24-16(2)31-27-20-6-4-5-7-21(20)28(33)26(27)25(24)22-14-18(30)10-13-23(22)38-15-17-8-11-19(12-9-17)32(35)36/h4-14,25,31H,3,15H2,1-2H3/t25-/m0/s1. The summed E-state index contributed by atoms with van der Waals surface area (Å²) in [6.07, 6.45) is 0. The molecule has 5 rings (SSSR count). The molecule has 1 heterocycles. The molecule has 1 atom stereocenters. The van der Waals surface area contributed by atoms with Gasteiger partial charge in [-0.25, -0.2) is 4.79 Å². The van der Waals surface area contributed by atoms with Gasteiger partial charge < -0.3 is 14.8 Å². The lowest BCUT2D eigenvalue weighted by Crippen LogP contribution is -2.29. The van der Waals surface area contributed by atoms with Gasteiger partial charge in [-0.3, -0.25) is 14.9 Å². The second kappa shape index (κ2) is 10.3. The van der Waals surface area contributed by atoms with Crippen LogP contribution in [-0.4, -0.2) is 23.3 Å². The number of nitro groups is 1. The van der Waals surface area contributed by atoms with Crippen molar-refractivity contribution >= 4 is 39.1 Å². The summed E-state index contributed by atoms with van der Waals surface area (Å²) in [4.78, 5) is 37.5. The molecule has 8 nitrogen and oxygen atoms in total. The number of carbonyl (C=O) groups excluding carboxylic acids is 2. The highest BCUT2D eigenvalue weighted by molar-refractivity contribution is 9.10. The van der Waals surface area contributed by atoms with E-state index in [1.54, 1.807) is 38.1 Å². The Hall–Kier alpha value is -4.24. The van der Waals surface area contributed by atoms with Crippen LogP contribution in [0.2, 0.25) is 0 Å². The van der Waals surface area contributed by atoms with E-state index in [0.29, 0.717) is 39.4 Å². The number of hydrogen-bond donors (Lipinski definition) is 1. The number of ketones is 1. The highest BCUT2D eigenvalue weighted by Crippen LogP contribution is 2.49. The molecule has 1 N–H and O–H groups in total. The maximum atomic E-state index is 13.7. The van der Waals surface area contributed by atoms with Gasteiger partial charge in [0, 0.05) is 44.6 Å². The number of nitrogens with zero attached hydrogens (tertiary/aromatic N) is 1. The van der Waals surface area contributed by atoms with Crippen LogP contribution in [0.1, 0.15) is 46.8 Å². The molecule has 0 saturated heterocycles. The summed E-state index contributed by atoms with van der Waals surface area (Å²) >= 11 is 3.53. The van der Waals surface area contributed by atoms with E-state index in [1.807, 2.05) is 30.3 Å². The van der Waals surface area contributed by atoms with E-state index in [0.717, 1.165) is 15.6 Å². The SMILES string of the molecule is CCOC(=O)C1=C(C)NC2=C(C(=O)c3ccccc32)[C@H]1c1cc(Br)ccc1OCc1ccc([N+](=O)[O-])cc1. The molecule has 0 saturated carbocycles. The fraction of sp³-hybridized carbons (Fsp3) is 0.172. The van der Waals surface area contributed by atoms with Gasteiger partial charge in [0.05, 0.1) is 28.7 Å². The molecular weight excluding hydrogens is 552 g/mol. The third kappa shape index (κ3) is 4.50. The van der Waals surface area contributed by atoms with Crippen molar-refractivity contribution in [3.63, 3.8) is 0 Å². The molecule has 1 aliphatic heterocycles. The minimum absolute atomic E-state index is 0.00810. The monoisotopic (exact) mass is 574 g/mol. The first kappa shape index (κ1) is 25.4. The lowest BCUT2D eigenvalue weighted by molar-refractivity contribution is -0.384. The molecule has 0 amide bonds. The van der Waals surface area contributed by atoms with Gasteiger partial charge in [0.15, 0.2) is 5.78 Å². The highest BCUT2D eigenvalue weighted by Gasteiger charge is 2.44. The van der Waals surface area contributed by atoms with Crippen molar-refractivity contribution in [2.75, 3.05) is 6.61 Å². The number of fused-ring (bicyclic) bond motifs is 2. The molecule has 38 heavy (non-hydrogen) atoms. The Morgan fingerprint density at radius 3 is 2.47 bits per heavy atom. The Morgan fingerprint density at radius 1 is 1.08 bits per heavy atom. The van der Waals surface area contributed by atoms with Crippen molar-refractivity contribution in [2.24, 2.45) is 0 Å². The Bertz CT molecular complexity index is 1540. The van der Waals surface area contributed by atoms with Crippen molar-refractivity contribution < 1.29 is 24.0 Å². The maximum absolute atomic E-state index is 13.7. The van der Waals surface area contributed by atoms with Crippen molar-refractivity contribution in [2.45, 2.75) is 26.4 Å². The van der Waals surface area contributed by atoms with Crippen LogP contribution in [0.25, 0.3) is 5.70 Å². The number of esters is 1. The number of hydrogen-bond acceptors (Lipinski definition) is 7. The fourth-order valence-electron chi connectivity index (χ4n) is 4.87. The normalized spacial score (nSPS) is 16.1. The molecule has 3 aromatic carbocycles. The molecular formula is C29H23BrN2O6. The van der Waals surface area contributed by atoms with Gasteiger partial charge in [-0.2, -0.15) is 0 Å². The van der Waals surface area contributed by atoms with Crippen molar-refractivity contribution in [3.05, 3.63) is 120 Å². The van der Waals surface area contributed by atoms with E-state index in [1.165, 1.54) is 12.1 Å². The first-order valence-corrected chi connectivity index (χ1v) is 12.8. The van der Waals surface area contributed by atoms with E-state index in [4.69, 9.17) is 9.47 Å². The molecule has 2 aliphatic rings. The number of dihydropyridines is 1. The molecule has 3 aromatic rings. The first-order chi connectivity index (χ1) is 18.3. The molecule has 0 radical (unpaired) electrons. The molecule has 0 aromatic heterocycles. The molecule has 192 valence electrons. The molecule has 0 fully saturated rings. The smallest absolute Gasteiger partial charge is 0.336 e. The zero-order valence-electron chi connectivity index (χ0n) is 20.6. The average molecular weight is 575 g/mol. The predicted octanol–water partition coefficient (Wildman–Crippen LogP) is 6.07. The Balaban J connectivity index is 1.60.